The fraction of sp³-hybridized carbons (Fsp3) is 0.118. The van der Waals surface area contributed by atoms with Crippen molar-refractivity contribution >= 4 is 11.6 Å². The zero-order valence-corrected chi connectivity index (χ0v) is 12.9. The molecule has 3 rings (SSSR count). The van der Waals surface area contributed by atoms with Gasteiger partial charge in [-0.15, -0.1) is 0 Å². The Labute approximate surface area is 133 Å². The number of carbonyl (C=O) groups excluding carboxylic acids is 1. The minimum absolute atomic E-state index is 0.110. The summed E-state index contributed by atoms with van der Waals surface area (Å²) in [5.74, 6) is -0.235. The lowest BCUT2D eigenvalue weighted by atomic mass is 10.1. The molecule has 0 aliphatic rings. The number of aryl methyl sites for hydroxylation is 2. The van der Waals surface area contributed by atoms with E-state index < -0.39 is 0 Å². The summed E-state index contributed by atoms with van der Waals surface area (Å²) in [6.07, 6.45) is 5.11. The van der Waals surface area contributed by atoms with Gasteiger partial charge in [0, 0.05) is 37.3 Å². The number of anilines is 1. The average Bonchev–Trinajstić information content (AvgIpc) is 3.07. The number of hydrogen-bond donors (Lipinski definition) is 1. The monoisotopic (exact) mass is 308 g/mol. The van der Waals surface area contributed by atoms with Crippen LogP contribution in [0.2, 0.25) is 0 Å². The Morgan fingerprint density at radius 3 is 2.78 bits per heavy atom. The molecule has 0 radical (unpaired) electrons. The molecule has 116 valence electrons. The second kappa shape index (κ2) is 5.92. The van der Waals surface area contributed by atoms with Crippen molar-refractivity contribution in [2.75, 3.05) is 5.32 Å². The first kappa shape index (κ1) is 14.8. The molecule has 0 atom stereocenters. The van der Waals surface area contributed by atoms with Crippen molar-refractivity contribution in [2.45, 2.75) is 6.92 Å². The molecule has 0 spiro atoms. The van der Waals surface area contributed by atoms with Crippen LogP contribution in [0.25, 0.3) is 5.69 Å². The third-order valence-electron chi connectivity index (χ3n) is 3.56. The number of rotatable bonds is 3. The number of amides is 1. The van der Waals surface area contributed by atoms with Crippen LogP contribution in [0.3, 0.4) is 0 Å². The Bertz CT molecular complexity index is 911. The van der Waals surface area contributed by atoms with Crippen LogP contribution in [-0.2, 0) is 7.05 Å². The average molecular weight is 308 g/mol. The molecule has 0 aliphatic heterocycles. The van der Waals surface area contributed by atoms with Crippen LogP contribution in [0, 0.1) is 6.92 Å². The molecular weight excluding hydrogens is 292 g/mol. The Kier molecular flexibility index (Phi) is 3.80. The van der Waals surface area contributed by atoms with Gasteiger partial charge in [0.1, 0.15) is 0 Å². The molecule has 0 aliphatic carbocycles. The summed E-state index contributed by atoms with van der Waals surface area (Å²) >= 11 is 0. The predicted octanol–water partition coefficient (Wildman–Crippen LogP) is 2.13. The number of carbonyl (C=O) groups is 1. The highest BCUT2D eigenvalue weighted by Gasteiger charge is 2.10. The van der Waals surface area contributed by atoms with E-state index in [0.29, 0.717) is 11.3 Å². The maximum absolute atomic E-state index is 12.5. The van der Waals surface area contributed by atoms with Crippen LogP contribution in [0.5, 0.6) is 0 Å². The molecule has 3 aromatic rings. The van der Waals surface area contributed by atoms with Crippen LogP contribution in [-0.4, -0.2) is 20.3 Å². The van der Waals surface area contributed by atoms with Gasteiger partial charge in [-0.2, -0.15) is 5.10 Å². The number of benzene rings is 1. The lowest BCUT2D eigenvalue weighted by Gasteiger charge is -2.10. The van der Waals surface area contributed by atoms with E-state index in [0.717, 1.165) is 11.3 Å². The third kappa shape index (κ3) is 3.06. The van der Waals surface area contributed by atoms with E-state index in [1.807, 2.05) is 18.3 Å². The van der Waals surface area contributed by atoms with Crippen molar-refractivity contribution in [2.24, 2.45) is 7.05 Å². The maximum atomic E-state index is 12.5. The lowest BCUT2D eigenvalue weighted by molar-refractivity contribution is 0.102. The van der Waals surface area contributed by atoms with Crippen LogP contribution in [0.15, 0.2) is 59.8 Å². The van der Waals surface area contributed by atoms with Gasteiger partial charge in [-0.25, -0.2) is 4.68 Å². The normalized spacial score (nSPS) is 10.5. The summed E-state index contributed by atoms with van der Waals surface area (Å²) < 4.78 is 3.12. The van der Waals surface area contributed by atoms with Gasteiger partial charge in [-0.1, -0.05) is 6.07 Å². The number of pyridine rings is 1. The zero-order chi connectivity index (χ0) is 16.4. The largest absolute Gasteiger partial charge is 0.320 e. The molecule has 6 heteroatoms. The second-order valence-electron chi connectivity index (χ2n) is 5.27. The van der Waals surface area contributed by atoms with Gasteiger partial charge in [-0.05, 0) is 36.8 Å². The fourth-order valence-electron chi connectivity index (χ4n) is 2.26. The first-order valence-electron chi connectivity index (χ1n) is 7.13. The summed E-state index contributed by atoms with van der Waals surface area (Å²) in [6.45, 7) is 1.79. The van der Waals surface area contributed by atoms with Gasteiger partial charge < -0.3 is 9.88 Å². The van der Waals surface area contributed by atoms with Gasteiger partial charge in [0.2, 0.25) is 0 Å². The minimum Gasteiger partial charge on any atom is -0.320 e. The Morgan fingerprint density at radius 1 is 1.22 bits per heavy atom. The molecule has 6 nitrogen and oxygen atoms in total. The molecule has 0 bridgehead atoms. The molecule has 2 aromatic heterocycles. The maximum Gasteiger partial charge on any atom is 0.255 e. The van der Waals surface area contributed by atoms with E-state index in [9.17, 15) is 9.59 Å². The summed E-state index contributed by atoms with van der Waals surface area (Å²) in [5, 5.41) is 6.99. The fourth-order valence-corrected chi connectivity index (χ4v) is 2.26. The van der Waals surface area contributed by atoms with Gasteiger partial charge in [-0.3, -0.25) is 9.59 Å². The Morgan fingerprint density at radius 2 is 2.04 bits per heavy atom. The SMILES string of the molecule is Cc1cc(=O)n(C)cc1NC(=O)c1cccc(-n2cccn2)c1. The van der Waals surface area contributed by atoms with Crippen molar-refractivity contribution in [1.29, 1.82) is 0 Å². The molecule has 0 saturated heterocycles. The molecular formula is C17H16N4O2. The van der Waals surface area contributed by atoms with Crippen LogP contribution >= 0.6 is 0 Å². The first-order chi connectivity index (χ1) is 11.0. The van der Waals surface area contributed by atoms with E-state index >= 15 is 0 Å². The van der Waals surface area contributed by atoms with E-state index in [2.05, 4.69) is 10.4 Å². The molecule has 23 heavy (non-hydrogen) atoms. The van der Waals surface area contributed by atoms with Gasteiger partial charge in [0.15, 0.2) is 0 Å². The van der Waals surface area contributed by atoms with Crippen molar-refractivity contribution < 1.29 is 4.79 Å². The molecule has 0 unspecified atom stereocenters. The summed E-state index contributed by atoms with van der Waals surface area (Å²) in [6, 6.07) is 10.5. The van der Waals surface area contributed by atoms with E-state index in [-0.39, 0.29) is 11.5 Å². The third-order valence-corrected chi connectivity index (χ3v) is 3.56. The van der Waals surface area contributed by atoms with Crippen LogP contribution in [0.4, 0.5) is 5.69 Å². The van der Waals surface area contributed by atoms with E-state index in [4.69, 9.17) is 0 Å². The molecule has 1 aromatic carbocycles. The molecule has 0 saturated carbocycles. The smallest absolute Gasteiger partial charge is 0.255 e. The highest BCUT2D eigenvalue weighted by Crippen LogP contribution is 2.15. The Balaban J connectivity index is 1.88. The number of hydrogen-bond acceptors (Lipinski definition) is 3. The topological polar surface area (TPSA) is 68.9 Å². The quantitative estimate of drug-likeness (QED) is 0.806. The van der Waals surface area contributed by atoms with Crippen molar-refractivity contribution in [3.8, 4) is 5.69 Å². The molecule has 1 N–H and O–H groups in total. The first-order valence-corrected chi connectivity index (χ1v) is 7.13. The standard InChI is InChI=1S/C17H16N4O2/c1-12-9-16(22)20(2)11-15(12)19-17(23)13-5-3-6-14(10-13)21-8-4-7-18-21/h3-11H,1-2H3,(H,19,23). The van der Waals surface area contributed by atoms with Crippen LogP contribution < -0.4 is 10.9 Å². The summed E-state index contributed by atoms with van der Waals surface area (Å²) in [7, 11) is 1.65. The van der Waals surface area contributed by atoms with Crippen molar-refractivity contribution in [3.05, 3.63) is 76.5 Å². The van der Waals surface area contributed by atoms with E-state index in [1.54, 1.807) is 49.2 Å². The molecule has 0 fully saturated rings. The number of aromatic nitrogens is 3. The summed E-state index contributed by atoms with van der Waals surface area (Å²) in [5.41, 5.74) is 2.55. The minimum atomic E-state index is -0.235. The van der Waals surface area contributed by atoms with Gasteiger partial charge in [0.25, 0.3) is 11.5 Å². The number of nitrogens with one attached hydrogen (secondary N) is 1. The van der Waals surface area contributed by atoms with Crippen LogP contribution in [0.1, 0.15) is 15.9 Å². The highest BCUT2D eigenvalue weighted by atomic mass is 16.1. The van der Waals surface area contributed by atoms with Crippen molar-refractivity contribution in [1.82, 2.24) is 14.3 Å². The van der Waals surface area contributed by atoms with Gasteiger partial charge >= 0.3 is 0 Å². The molecule has 1 amide bonds. The summed E-state index contributed by atoms with van der Waals surface area (Å²) in [4.78, 5) is 24.0. The zero-order valence-electron chi connectivity index (χ0n) is 12.9. The second-order valence-corrected chi connectivity index (χ2v) is 5.27. The van der Waals surface area contributed by atoms with Gasteiger partial charge in [0.05, 0.1) is 11.4 Å². The van der Waals surface area contributed by atoms with Crippen molar-refractivity contribution in [3.63, 3.8) is 0 Å². The Hall–Kier alpha value is -3.15. The lowest BCUT2D eigenvalue weighted by Crippen LogP contribution is -2.19. The highest BCUT2D eigenvalue weighted by molar-refractivity contribution is 6.04. The molecule has 2 heterocycles. The predicted molar refractivity (Wildman–Crippen MR) is 87.9 cm³/mol. The van der Waals surface area contributed by atoms with E-state index in [1.165, 1.54) is 10.6 Å². The number of nitrogens with zero attached hydrogens (tertiary/aromatic N) is 3.